The number of rotatable bonds is 5. The van der Waals surface area contributed by atoms with Crippen LogP contribution in [0.15, 0.2) is 43.2 Å². The summed E-state index contributed by atoms with van der Waals surface area (Å²) in [4.78, 5) is 17.5. The van der Waals surface area contributed by atoms with Gasteiger partial charge in [-0.15, -0.1) is 5.10 Å². The van der Waals surface area contributed by atoms with Gasteiger partial charge in [-0.1, -0.05) is 20.8 Å². The Morgan fingerprint density at radius 1 is 0.969 bits per heavy atom. The predicted molar refractivity (Wildman–Crippen MR) is 124 cm³/mol. The molecule has 1 N–H and O–H groups in total. The molecule has 0 amide bonds. The summed E-state index contributed by atoms with van der Waals surface area (Å²) in [5.74, 6) is 0.542. The van der Waals surface area contributed by atoms with Gasteiger partial charge in [-0.3, -0.25) is 4.90 Å². The van der Waals surface area contributed by atoms with Crippen LogP contribution in [0.25, 0.3) is 5.69 Å². The van der Waals surface area contributed by atoms with Crippen LogP contribution in [-0.4, -0.2) is 75.1 Å². The maximum atomic E-state index is 5.37. The minimum absolute atomic E-state index is 0.0334. The molecule has 0 spiro atoms. The van der Waals surface area contributed by atoms with Gasteiger partial charge in [0.2, 0.25) is 5.95 Å². The zero-order chi connectivity index (χ0) is 22.1. The topological polar surface area (TPSA) is 84.2 Å². The summed E-state index contributed by atoms with van der Waals surface area (Å²) in [6, 6.07) is 7.31. The number of anilines is 3. The summed E-state index contributed by atoms with van der Waals surface area (Å²) < 4.78 is 7.04. The lowest BCUT2D eigenvalue weighted by molar-refractivity contribution is -0.0660. The number of piperazine rings is 1. The SMILES string of the molecule is CC(C)(C)c1cc(Nc2ncn(-c3cncnc3)n2)cc(N2CCN(C3COC3)CC2)c1. The fraction of sp³-hybridized carbons (Fsp3) is 0.478. The fourth-order valence-corrected chi connectivity index (χ4v) is 4.06. The van der Waals surface area contributed by atoms with Crippen LogP contribution < -0.4 is 10.2 Å². The Bertz CT molecular complexity index is 1050. The summed E-state index contributed by atoms with van der Waals surface area (Å²) in [5, 5.41) is 7.93. The van der Waals surface area contributed by atoms with Crippen LogP contribution in [0.1, 0.15) is 26.3 Å². The summed E-state index contributed by atoms with van der Waals surface area (Å²) in [7, 11) is 0. The quantitative estimate of drug-likeness (QED) is 0.656. The first-order valence-corrected chi connectivity index (χ1v) is 11.1. The van der Waals surface area contributed by atoms with E-state index in [-0.39, 0.29) is 5.41 Å². The van der Waals surface area contributed by atoms with Gasteiger partial charge in [0, 0.05) is 37.6 Å². The first-order valence-electron chi connectivity index (χ1n) is 11.1. The van der Waals surface area contributed by atoms with Gasteiger partial charge in [0.05, 0.1) is 31.6 Å². The number of hydrogen-bond acceptors (Lipinski definition) is 8. The molecular weight excluding hydrogens is 404 g/mol. The van der Waals surface area contributed by atoms with Crippen molar-refractivity contribution in [2.75, 3.05) is 49.6 Å². The van der Waals surface area contributed by atoms with Crippen molar-refractivity contribution in [1.29, 1.82) is 0 Å². The highest BCUT2D eigenvalue weighted by Crippen LogP contribution is 2.32. The molecule has 0 saturated carbocycles. The number of benzene rings is 1. The van der Waals surface area contributed by atoms with E-state index in [2.05, 4.69) is 74.1 Å². The van der Waals surface area contributed by atoms with Crippen molar-refractivity contribution in [3.8, 4) is 5.69 Å². The van der Waals surface area contributed by atoms with E-state index in [0.717, 1.165) is 50.8 Å². The van der Waals surface area contributed by atoms with Crippen molar-refractivity contribution in [1.82, 2.24) is 29.6 Å². The minimum Gasteiger partial charge on any atom is -0.378 e. The zero-order valence-corrected chi connectivity index (χ0v) is 18.9. The van der Waals surface area contributed by atoms with Crippen LogP contribution in [0.2, 0.25) is 0 Å². The standard InChI is InChI=1S/C23H30N8O/c1-23(2,3)17-8-18(27-22-26-16-31(28-22)20-11-24-15-25-12-20)10-19(9-17)29-4-6-30(7-5-29)21-13-32-14-21/h8-12,15-16,21H,4-7,13-14H2,1-3H3,(H,27,28). The van der Waals surface area contributed by atoms with Crippen LogP contribution in [0.3, 0.4) is 0 Å². The van der Waals surface area contributed by atoms with Gasteiger partial charge in [0.15, 0.2) is 0 Å². The third-order valence-electron chi connectivity index (χ3n) is 6.16. The van der Waals surface area contributed by atoms with Gasteiger partial charge in [-0.25, -0.2) is 14.6 Å². The highest BCUT2D eigenvalue weighted by Gasteiger charge is 2.29. The molecule has 9 nitrogen and oxygen atoms in total. The number of ether oxygens (including phenoxy) is 1. The maximum absolute atomic E-state index is 5.37. The summed E-state index contributed by atoms with van der Waals surface area (Å²) in [5.41, 5.74) is 4.31. The molecule has 2 saturated heterocycles. The molecule has 32 heavy (non-hydrogen) atoms. The smallest absolute Gasteiger partial charge is 0.246 e. The Morgan fingerprint density at radius 2 is 1.72 bits per heavy atom. The molecule has 9 heteroatoms. The molecule has 2 aliphatic rings. The summed E-state index contributed by atoms with van der Waals surface area (Å²) in [6.07, 6.45) is 6.58. The summed E-state index contributed by atoms with van der Waals surface area (Å²) >= 11 is 0. The first-order chi connectivity index (χ1) is 15.5. The molecule has 2 aromatic heterocycles. The van der Waals surface area contributed by atoms with Gasteiger partial charge >= 0.3 is 0 Å². The van der Waals surface area contributed by atoms with Crippen molar-refractivity contribution in [2.45, 2.75) is 32.2 Å². The normalized spacial score (nSPS) is 17.9. The average molecular weight is 435 g/mol. The van der Waals surface area contributed by atoms with Gasteiger partial charge in [-0.2, -0.15) is 4.98 Å². The van der Waals surface area contributed by atoms with E-state index < -0.39 is 0 Å². The van der Waals surface area contributed by atoms with Gasteiger partial charge in [-0.05, 0) is 29.2 Å². The second-order valence-corrected chi connectivity index (χ2v) is 9.47. The highest BCUT2D eigenvalue weighted by atomic mass is 16.5. The second-order valence-electron chi connectivity index (χ2n) is 9.47. The number of hydrogen-bond donors (Lipinski definition) is 1. The Balaban J connectivity index is 1.36. The van der Waals surface area contributed by atoms with Gasteiger partial charge < -0.3 is 15.0 Å². The van der Waals surface area contributed by atoms with E-state index in [4.69, 9.17) is 4.74 Å². The van der Waals surface area contributed by atoms with Crippen LogP contribution in [0.5, 0.6) is 0 Å². The fourth-order valence-electron chi connectivity index (χ4n) is 4.06. The van der Waals surface area contributed by atoms with E-state index in [1.54, 1.807) is 23.4 Å². The molecule has 4 heterocycles. The second kappa shape index (κ2) is 8.48. The third kappa shape index (κ3) is 4.44. The zero-order valence-electron chi connectivity index (χ0n) is 18.9. The summed E-state index contributed by atoms with van der Waals surface area (Å²) in [6.45, 7) is 12.7. The van der Waals surface area contributed by atoms with Crippen molar-refractivity contribution in [2.24, 2.45) is 0 Å². The van der Waals surface area contributed by atoms with Crippen LogP contribution in [0, 0.1) is 0 Å². The Morgan fingerprint density at radius 3 is 2.38 bits per heavy atom. The molecule has 3 aromatic rings. The molecule has 5 rings (SSSR count). The third-order valence-corrected chi connectivity index (χ3v) is 6.16. The monoisotopic (exact) mass is 434 g/mol. The molecule has 0 unspecified atom stereocenters. The molecule has 0 atom stereocenters. The molecule has 0 bridgehead atoms. The van der Waals surface area contributed by atoms with Crippen molar-refractivity contribution >= 4 is 17.3 Å². The first kappa shape index (κ1) is 20.8. The van der Waals surface area contributed by atoms with Crippen LogP contribution >= 0.6 is 0 Å². The largest absolute Gasteiger partial charge is 0.378 e. The maximum Gasteiger partial charge on any atom is 0.246 e. The van der Waals surface area contributed by atoms with E-state index in [1.807, 2.05) is 0 Å². The number of nitrogens with one attached hydrogen (secondary N) is 1. The van der Waals surface area contributed by atoms with E-state index in [9.17, 15) is 0 Å². The lowest BCUT2D eigenvalue weighted by atomic mass is 9.86. The lowest BCUT2D eigenvalue weighted by Crippen LogP contribution is -2.56. The Hall–Kier alpha value is -3.04. The van der Waals surface area contributed by atoms with Gasteiger partial charge in [0.1, 0.15) is 18.3 Å². The van der Waals surface area contributed by atoms with Crippen molar-refractivity contribution in [3.63, 3.8) is 0 Å². The van der Waals surface area contributed by atoms with E-state index in [1.165, 1.54) is 17.6 Å². The van der Waals surface area contributed by atoms with Crippen molar-refractivity contribution in [3.05, 3.63) is 48.8 Å². The molecule has 1 aromatic carbocycles. The lowest BCUT2D eigenvalue weighted by Gasteiger charge is -2.43. The Kier molecular flexibility index (Phi) is 5.52. The number of aromatic nitrogens is 5. The van der Waals surface area contributed by atoms with E-state index >= 15 is 0 Å². The average Bonchev–Trinajstić information content (AvgIpc) is 3.21. The van der Waals surface area contributed by atoms with Crippen molar-refractivity contribution < 1.29 is 4.74 Å². The molecule has 0 aliphatic carbocycles. The van der Waals surface area contributed by atoms with Crippen LogP contribution in [0.4, 0.5) is 17.3 Å². The number of nitrogens with zero attached hydrogens (tertiary/aromatic N) is 7. The molecule has 2 aliphatic heterocycles. The van der Waals surface area contributed by atoms with Gasteiger partial charge in [0.25, 0.3) is 0 Å². The van der Waals surface area contributed by atoms with Crippen LogP contribution in [-0.2, 0) is 10.2 Å². The minimum atomic E-state index is 0.0334. The van der Waals surface area contributed by atoms with E-state index in [0.29, 0.717) is 12.0 Å². The highest BCUT2D eigenvalue weighted by molar-refractivity contribution is 5.65. The molecule has 168 valence electrons. The molecule has 0 radical (unpaired) electrons. The molecular formula is C23H30N8O. The Labute approximate surface area is 188 Å². The molecule has 2 fully saturated rings. The predicted octanol–water partition coefficient (Wildman–Crippen LogP) is 2.62.